The lowest BCUT2D eigenvalue weighted by molar-refractivity contribution is -0.120. The van der Waals surface area contributed by atoms with E-state index in [2.05, 4.69) is 45.0 Å². The highest BCUT2D eigenvalue weighted by atomic mass is 16.6. The summed E-state index contributed by atoms with van der Waals surface area (Å²) in [4.78, 5) is 50.7. The fourth-order valence-corrected chi connectivity index (χ4v) is 7.55. The van der Waals surface area contributed by atoms with Gasteiger partial charge in [0, 0.05) is 31.3 Å². The first-order chi connectivity index (χ1) is 25.9. The highest BCUT2D eigenvalue weighted by Crippen LogP contribution is 2.44. The van der Waals surface area contributed by atoms with Crippen LogP contribution in [0.2, 0.25) is 0 Å². The monoisotopic (exact) mass is 713 g/mol. The van der Waals surface area contributed by atoms with Crippen LogP contribution < -0.4 is 10.6 Å². The van der Waals surface area contributed by atoms with Crippen molar-refractivity contribution >= 4 is 35.3 Å². The maximum absolute atomic E-state index is 13.7. The molecule has 53 heavy (non-hydrogen) atoms. The number of hydrogen-bond donors (Lipinski definition) is 2. The molecule has 3 aromatic carbocycles. The molecule has 2 amide bonds. The topological polar surface area (TPSA) is 141 Å². The van der Waals surface area contributed by atoms with Gasteiger partial charge in [-0.25, -0.2) is 19.6 Å². The quantitative estimate of drug-likeness (QED) is 0.159. The molecule has 2 aromatic heterocycles. The van der Waals surface area contributed by atoms with Crippen LogP contribution in [0.15, 0.2) is 79.0 Å². The fourth-order valence-electron chi connectivity index (χ4n) is 7.55. The van der Waals surface area contributed by atoms with Crippen molar-refractivity contribution in [2.75, 3.05) is 30.4 Å². The number of nitrogens with zero attached hydrogens (tertiary/aromatic N) is 5. The minimum absolute atomic E-state index is 0.0657. The Morgan fingerprint density at radius 2 is 1.57 bits per heavy atom. The molecule has 1 atom stereocenters. The van der Waals surface area contributed by atoms with E-state index in [0.29, 0.717) is 60.9 Å². The Kier molecular flexibility index (Phi) is 10.2. The van der Waals surface area contributed by atoms with Crippen LogP contribution in [0.5, 0.6) is 0 Å². The van der Waals surface area contributed by atoms with Gasteiger partial charge in [-0.05, 0) is 72.6 Å². The second-order valence-corrected chi connectivity index (χ2v) is 12.9. The summed E-state index contributed by atoms with van der Waals surface area (Å²) in [6.07, 6.45) is 3.79. The van der Waals surface area contributed by atoms with Crippen LogP contribution >= 0.6 is 0 Å². The Hall–Kier alpha value is -6.04. The van der Waals surface area contributed by atoms with Crippen molar-refractivity contribution in [3.63, 3.8) is 0 Å². The van der Waals surface area contributed by atoms with Gasteiger partial charge in [0.25, 0.3) is 0 Å². The minimum atomic E-state index is -0.675. The number of para-hydroxylation sites is 2. The summed E-state index contributed by atoms with van der Waals surface area (Å²) in [7, 11) is 1.78. The lowest BCUT2D eigenvalue weighted by atomic mass is 9.93. The Balaban J connectivity index is 0.00000214. The number of hydrogen-bond acceptors (Lipinski definition) is 9. The standard InChI is InChI=1S/C39H37N7O5.C2H6/c1-3-50-37(48)34-28-19-18-23-21-40-38(43-33(23)35(28)45(2)44-34)42-31-16-9-8-15-30(31)41-36(47)32-17-10-20-46(32)39(49)51-22-29-26-13-6-4-11-24(26)25-12-5-7-14-27(25)29;1-2/h4-9,11-16,21,29,32H,3,10,17-20,22H2,1-2H3,(H,41,47)(H,40,42,43);1-2H3/t32-;/m0./s1. The van der Waals surface area contributed by atoms with Gasteiger partial charge in [-0.3, -0.25) is 14.4 Å². The summed E-state index contributed by atoms with van der Waals surface area (Å²) in [5, 5.41) is 10.7. The average Bonchev–Trinajstić information content (AvgIpc) is 3.90. The number of anilines is 3. The summed E-state index contributed by atoms with van der Waals surface area (Å²) >= 11 is 0. The van der Waals surface area contributed by atoms with Gasteiger partial charge in [-0.15, -0.1) is 0 Å². The van der Waals surface area contributed by atoms with E-state index in [4.69, 9.17) is 14.5 Å². The van der Waals surface area contributed by atoms with Crippen molar-refractivity contribution in [2.45, 2.75) is 58.4 Å². The lowest BCUT2D eigenvalue weighted by Crippen LogP contribution is -2.43. The summed E-state index contributed by atoms with van der Waals surface area (Å²) in [6, 6.07) is 23.0. The SMILES string of the molecule is CC.CCOC(=O)c1nn(C)c2c1CCc1cnc(Nc3ccccc3NC(=O)[C@@H]3CCCN3C(=O)OCC3c4ccccc4-c4ccccc43)nc1-2. The predicted octanol–water partition coefficient (Wildman–Crippen LogP) is 7.27. The normalized spacial score (nSPS) is 15.2. The molecular weight excluding hydrogens is 670 g/mol. The third-order valence-electron chi connectivity index (χ3n) is 9.90. The van der Waals surface area contributed by atoms with Gasteiger partial charge >= 0.3 is 12.1 Å². The van der Waals surface area contributed by atoms with Crippen molar-refractivity contribution in [1.82, 2.24) is 24.6 Å². The van der Waals surface area contributed by atoms with Crippen LogP contribution in [0, 0.1) is 0 Å². The van der Waals surface area contributed by atoms with E-state index in [1.165, 1.54) is 4.90 Å². The molecule has 1 fully saturated rings. The number of carbonyl (C=O) groups excluding carboxylic acids is 3. The molecule has 8 rings (SSSR count). The van der Waals surface area contributed by atoms with E-state index < -0.39 is 18.1 Å². The lowest BCUT2D eigenvalue weighted by Gasteiger charge is -2.25. The third kappa shape index (κ3) is 6.72. The van der Waals surface area contributed by atoms with Crippen LogP contribution in [0.25, 0.3) is 22.5 Å². The minimum Gasteiger partial charge on any atom is -0.461 e. The highest BCUT2D eigenvalue weighted by molar-refractivity contribution is 5.99. The summed E-state index contributed by atoms with van der Waals surface area (Å²) in [5.74, 6) is -0.491. The molecule has 1 saturated heterocycles. The highest BCUT2D eigenvalue weighted by Gasteiger charge is 2.37. The maximum atomic E-state index is 13.7. The molecule has 0 radical (unpaired) electrons. The number of aromatic nitrogens is 4. The van der Waals surface area contributed by atoms with Gasteiger partial charge in [0.15, 0.2) is 5.69 Å². The zero-order valence-electron chi connectivity index (χ0n) is 30.4. The van der Waals surface area contributed by atoms with Crippen molar-refractivity contribution in [3.8, 4) is 22.5 Å². The van der Waals surface area contributed by atoms with E-state index in [1.807, 2.05) is 56.3 Å². The molecule has 5 aromatic rings. The first-order valence-electron chi connectivity index (χ1n) is 18.3. The number of esters is 1. The molecule has 2 aliphatic carbocycles. The predicted molar refractivity (Wildman–Crippen MR) is 202 cm³/mol. The van der Waals surface area contributed by atoms with Crippen LogP contribution in [0.1, 0.15) is 72.3 Å². The number of likely N-dealkylation sites (tertiary alicyclic amines) is 1. The molecule has 3 heterocycles. The maximum Gasteiger partial charge on any atom is 0.410 e. The average molecular weight is 714 g/mol. The number of amides is 2. The molecule has 0 bridgehead atoms. The molecule has 12 heteroatoms. The molecule has 0 spiro atoms. The molecule has 2 N–H and O–H groups in total. The largest absolute Gasteiger partial charge is 0.461 e. The number of benzene rings is 3. The van der Waals surface area contributed by atoms with Gasteiger partial charge < -0.3 is 20.1 Å². The zero-order valence-corrected chi connectivity index (χ0v) is 30.4. The van der Waals surface area contributed by atoms with Gasteiger partial charge in [0.2, 0.25) is 11.9 Å². The van der Waals surface area contributed by atoms with Gasteiger partial charge in [0.05, 0.1) is 29.4 Å². The molecule has 0 saturated carbocycles. The Labute approximate surface area is 308 Å². The molecule has 1 aliphatic heterocycles. The van der Waals surface area contributed by atoms with E-state index in [1.54, 1.807) is 30.9 Å². The molecule has 3 aliphatic rings. The second-order valence-electron chi connectivity index (χ2n) is 12.9. The Bertz CT molecular complexity index is 2130. The van der Waals surface area contributed by atoms with Crippen molar-refractivity contribution in [2.24, 2.45) is 7.05 Å². The molecule has 272 valence electrons. The van der Waals surface area contributed by atoms with E-state index >= 15 is 0 Å². The van der Waals surface area contributed by atoms with Gasteiger partial charge in [-0.1, -0.05) is 74.5 Å². The first-order valence-corrected chi connectivity index (χ1v) is 18.3. The number of rotatable bonds is 8. The van der Waals surface area contributed by atoms with Crippen molar-refractivity contribution < 1.29 is 23.9 Å². The van der Waals surface area contributed by atoms with Crippen LogP contribution in [-0.2, 0) is 34.2 Å². The van der Waals surface area contributed by atoms with E-state index in [9.17, 15) is 14.4 Å². The Morgan fingerprint density at radius 1 is 0.887 bits per heavy atom. The number of nitrogens with one attached hydrogen (secondary N) is 2. The Morgan fingerprint density at radius 3 is 2.28 bits per heavy atom. The van der Waals surface area contributed by atoms with Crippen molar-refractivity contribution in [1.29, 1.82) is 0 Å². The molecular formula is C41H43N7O5. The second kappa shape index (κ2) is 15.3. The fraction of sp³-hybridized carbons (Fsp3) is 0.317. The zero-order chi connectivity index (χ0) is 37.1. The summed E-state index contributed by atoms with van der Waals surface area (Å²) < 4.78 is 12.8. The van der Waals surface area contributed by atoms with Gasteiger partial charge in [-0.2, -0.15) is 5.10 Å². The number of ether oxygens (including phenoxy) is 2. The number of carbonyl (C=O) groups is 3. The van der Waals surface area contributed by atoms with Crippen LogP contribution in [0.4, 0.5) is 22.1 Å². The first kappa shape index (κ1) is 35.4. The van der Waals surface area contributed by atoms with Crippen molar-refractivity contribution in [3.05, 3.63) is 107 Å². The third-order valence-corrected chi connectivity index (χ3v) is 9.90. The van der Waals surface area contributed by atoms with E-state index in [0.717, 1.165) is 39.1 Å². The van der Waals surface area contributed by atoms with E-state index in [-0.39, 0.29) is 25.0 Å². The molecule has 0 unspecified atom stereocenters. The number of aryl methyl sites for hydroxylation is 2. The number of fused-ring (bicyclic) bond motifs is 6. The summed E-state index contributed by atoms with van der Waals surface area (Å²) in [6.45, 7) is 6.66. The van der Waals surface area contributed by atoms with Crippen LogP contribution in [0.3, 0.4) is 0 Å². The summed E-state index contributed by atoms with van der Waals surface area (Å²) in [5.41, 5.74) is 9.19. The molecule has 12 nitrogen and oxygen atoms in total. The smallest absolute Gasteiger partial charge is 0.410 e. The van der Waals surface area contributed by atoms with Gasteiger partial charge in [0.1, 0.15) is 12.6 Å². The van der Waals surface area contributed by atoms with Crippen LogP contribution in [-0.4, -0.2) is 68.4 Å².